The van der Waals surface area contributed by atoms with Crippen LogP contribution in [0.5, 0.6) is 11.5 Å². The molecule has 0 saturated heterocycles. The molecule has 3 aromatic rings. The van der Waals surface area contributed by atoms with Gasteiger partial charge in [-0.05, 0) is 60.2 Å². The summed E-state index contributed by atoms with van der Waals surface area (Å²) < 4.78 is 11.0. The molecule has 0 fully saturated rings. The number of hydrogen-bond acceptors (Lipinski definition) is 4. The monoisotopic (exact) mass is 464 g/mol. The summed E-state index contributed by atoms with van der Waals surface area (Å²) in [5.74, 6) is 0.704. The number of halogens is 3. The zero-order valence-corrected chi connectivity index (χ0v) is 18.3. The van der Waals surface area contributed by atoms with E-state index in [2.05, 4.69) is 10.6 Å². The third kappa shape index (κ3) is 6.20. The number of methoxy groups -OCH3 is 1. The lowest BCUT2D eigenvalue weighted by molar-refractivity contribution is -0.118. The Morgan fingerprint density at radius 3 is 2.33 bits per heavy atom. The first-order valence-corrected chi connectivity index (χ1v) is 10.1. The van der Waals surface area contributed by atoms with Crippen LogP contribution in [0.15, 0.2) is 60.7 Å². The number of amides is 1. The SMILES string of the molecule is COc1cc(CNc2ccc(Cl)cc2Cl)ccc1OCC(=O)Nc1ccc(Cl)cc1. The van der Waals surface area contributed by atoms with E-state index in [1.54, 1.807) is 49.6 Å². The van der Waals surface area contributed by atoms with Crippen molar-refractivity contribution in [1.29, 1.82) is 0 Å². The highest BCUT2D eigenvalue weighted by molar-refractivity contribution is 6.36. The van der Waals surface area contributed by atoms with E-state index in [0.717, 1.165) is 11.3 Å². The van der Waals surface area contributed by atoms with Crippen molar-refractivity contribution in [2.75, 3.05) is 24.4 Å². The van der Waals surface area contributed by atoms with Gasteiger partial charge in [0.15, 0.2) is 18.1 Å². The zero-order valence-electron chi connectivity index (χ0n) is 16.0. The van der Waals surface area contributed by atoms with Crippen LogP contribution in [-0.4, -0.2) is 19.6 Å². The van der Waals surface area contributed by atoms with Crippen molar-refractivity contribution in [3.63, 3.8) is 0 Å². The highest BCUT2D eigenvalue weighted by atomic mass is 35.5. The molecule has 0 bridgehead atoms. The number of hydrogen-bond donors (Lipinski definition) is 2. The second-order valence-electron chi connectivity index (χ2n) is 6.31. The van der Waals surface area contributed by atoms with Crippen molar-refractivity contribution in [2.24, 2.45) is 0 Å². The minimum atomic E-state index is -0.289. The minimum absolute atomic E-state index is 0.156. The Morgan fingerprint density at radius 2 is 1.63 bits per heavy atom. The molecule has 0 unspecified atom stereocenters. The fraction of sp³-hybridized carbons (Fsp3) is 0.136. The first kappa shape index (κ1) is 22.1. The second kappa shape index (κ2) is 10.4. The summed E-state index contributed by atoms with van der Waals surface area (Å²) in [6.07, 6.45) is 0. The quantitative estimate of drug-likeness (QED) is 0.411. The lowest BCUT2D eigenvalue weighted by atomic mass is 10.2. The van der Waals surface area contributed by atoms with Gasteiger partial charge < -0.3 is 20.1 Å². The topological polar surface area (TPSA) is 59.6 Å². The van der Waals surface area contributed by atoms with Gasteiger partial charge in [0.05, 0.1) is 17.8 Å². The fourth-order valence-electron chi connectivity index (χ4n) is 2.64. The highest BCUT2D eigenvalue weighted by Crippen LogP contribution is 2.30. The van der Waals surface area contributed by atoms with E-state index in [9.17, 15) is 4.79 Å². The number of ether oxygens (including phenoxy) is 2. The third-order valence-electron chi connectivity index (χ3n) is 4.13. The second-order valence-corrected chi connectivity index (χ2v) is 7.59. The predicted octanol–water partition coefficient (Wildman–Crippen LogP) is 6.29. The van der Waals surface area contributed by atoms with Gasteiger partial charge in [0.2, 0.25) is 0 Å². The van der Waals surface area contributed by atoms with Crippen molar-refractivity contribution in [1.82, 2.24) is 0 Å². The van der Waals surface area contributed by atoms with Gasteiger partial charge in [-0.1, -0.05) is 40.9 Å². The first-order valence-electron chi connectivity index (χ1n) is 8.98. The number of benzene rings is 3. The fourth-order valence-corrected chi connectivity index (χ4v) is 3.25. The largest absolute Gasteiger partial charge is 0.493 e. The molecule has 0 heterocycles. The standard InChI is InChI=1S/C22H19Cl3N2O3/c1-29-21-10-14(12-26-19-8-5-16(24)11-18(19)25)2-9-20(21)30-13-22(28)27-17-6-3-15(23)4-7-17/h2-11,26H,12-13H2,1H3,(H,27,28). The lowest BCUT2D eigenvalue weighted by Gasteiger charge is -2.13. The van der Waals surface area contributed by atoms with E-state index in [4.69, 9.17) is 44.3 Å². The summed E-state index contributed by atoms with van der Waals surface area (Å²) in [5, 5.41) is 7.71. The van der Waals surface area contributed by atoms with Crippen LogP contribution in [0, 0.1) is 0 Å². The van der Waals surface area contributed by atoms with Gasteiger partial charge in [-0.25, -0.2) is 0 Å². The van der Waals surface area contributed by atoms with Gasteiger partial charge in [0, 0.05) is 22.3 Å². The molecule has 0 aliphatic rings. The van der Waals surface area contributed by atoms with Crippen LogP contribution < -0.4 is 20.1 Å². The highest BCUT2D eigenvalue weighted by Gasteiger charge is 2.10. The Morgan fingerprint density at radius 1 is 0.900 bits per heavy atom. The molecule has 2 N–H and O–H groups in total. The van der Waals surface area contributed by atoms with E-state index >= 15 is 0 Å². The summed E-state index contributed by atoms with van der Waals surface area (Å²) in [4.78, 5) is 12.1. The number of rotatable bonds is 8. The maximum absolute atomic E-state index is 12.1. The van der Waals surface area contributed by atoms with Gasteiger partial charge >= 0.3 is 0 Å². The number of anilines is 2. The molecule has 0 aliphatic carbocycles. The maximum atomic E-state index is 12.1. The number of nitrogens with one attached hydrogen (secondary N) is 2. The van der Waals surface area contributed by atoms with Crippen LogP contribution >= 0.6 is 34.8 Å². The van der Waals surface area contributed by atoms with Crippen LogP contribution in [0.4, 0.5) is 11.4 Å². The van der Waals surface area contributed by atoms with Gasteiger partial charge in [0.1, 0.15) is 0 Å². The molecule has 0 saturated carbocycles. The molecule has 3 aromatic carbocycles. The molecule has 0 spiro atoms. The average Bonchev–Trinajstić information content (AvgIpc) is 2.73. The van der Waals surface area contributed by atoms with E-state index in [1.165, 1.54) is 0 Å². The van der Waals surface area contributed by atoms with Crippen molar-refractivity contribution < 1.29 is 14.3 Å². The molecule has 5 nitrogen and oxygen atoms in total. The molecule has 30 heavy (non-hydrogen) atoms. The first-order chi connectivity index (χ1) is 14.4. The molecule has 0 aliphatic heterocycles. The number of carbonyl (C=O) groups is 1. The van der Waals surface area contributed by atoms with Gasteiger partial charge in [0.25, 0.3) is 5.91 Å². The Bertz CT molecular complexity index is 1030. The smallest absolute Gasteiger partial charge is 0.262 e. The molecular weight excluding hydrogens is 447 g/mol. The van der Waals surface area contributed by atoms with Crippen LogP contribution in [0.3, 0.4) is 0 Å². The van der Waals surface area contributed by atoms with Crippen LogP contribution in [0.1, 0.15) is 5.56 Å². The molecule has 156 valence electrons. The number of carbonyl (C=O) groups excluding carboxylic acids is 1. The van der Waals surface area contributed by atoms with E-state index in [1.807, 2.05) is 18.2 Å². The summed E-state index contributed by atoms with van der Waals surface area (Å²) in [6.45, 7) is 0.367. The molecule has 0 aromatic heterocycles. The zero-order chi connectivity index (χ0) is 21.5. The molecule has 8 heteroatoms. The van der Waals surface area contributed by atoms with Crippen molar-refractivity contribution in [3.8, 4) is 11.5 Å². The molecule has 0 atom stereocenters. The summed E-state index contributed by atoms with van der Waals surface area (Å²) in [6, 6.07) is 17.6. The average molecular weight is 466 g/mol. The van der Waals surface area contributed by atoms with Gasteiger partial charge in [-0.3, -0.25) is 4.79 Å². The third-order valence-corrected chi connectivity index (χ3v) is 4.93. The Kier molecular flexibility index (Phi) is 7.69. The van der Waals surface area contributed by atoms with Gasteiger partial charge in [-0.2, -0.15) is 0 Å². The Balaban J connectivity index is 1.58. The van der Waals surface area contributed by atoms with Gasteiger partial charge in [-0.15, -0.1) is 0 Å². The Labute approximate surface area is 189 Å². The molecule has 3 rings (SSSR count). The molecule has 0 radical (unpaired) electrons. The molecular formula is C22H19Cl3N2O3. The van der Waals surface area contributed by atoms with Crippen molar-refractivity contribution >= 4 is 52.1 Å². The van der Waals surface area contributed by atoms with Crippen molar-refractivity contribution in [2.45, 2.75) is 6.54 Å². The Hall–Kier alpha value is -2.60. The summed E-state index contributed by atoms with van der Waals surface area (Å²) in [5.41, 5.74) is 2.37. The van der Waals surface area contributed by atoms with E-state index in [-0.39, 0.29) is 12.5 Å². The summed E-state index contributed by atoms with van der Waals surface area (Å²) in [7, 11) is 1.54. The van der Waals surface area contributed by atoms with Crippen LogP contribution in [0.25, 0.3) is 0 Å². The minimum Gasteiger partial charge on any atom is -0.493 e. The van der Waals surface area contributed by atoms with E-state index < -0.39 is 0 Å². The normalized spacial score (nSPS) is 10.4. The van der Waals surface area contributed by atoms with Crippen molar-refractivity contribution in [3.05, 3.63) is 81.3 Å². The molecule has 1 amide bonds. The predicted molar refractivity (Wildman–Crippen MR) is 122 cm³/mol. The maximum Gasteiger partial charge on any atom is 0.262 e. The van der Waals surface area contributed by atoms with E-state index in [0.29, 0.717) is 38.8 Å². The van der Waals surface area contributed by atoms with Crippen LogP contribution in [0.2, 0.25) is 15.1 Å². The lowest BCUT2D eigenvalue weighted by Crippen LogP contribution is -2.20. The summed E-state index contributed by atoms with van der Waals surface area (Å²) >= 11 is 17.9. The van der Waals surface area contributed by atoms with Crippen LogP contribution in [-0.2, 0) is 11.3 Å².